The molecule has 0 bridgehead atoms. The fourth-order valence-electron chi connectivity index (χ4n) is 4.23. The Hall–Kier alpha value is -2.84. The van der Waals surface area contributed by atoms with E-state index in [0.29, 0.717) is 17.2 Å². The zero-order valence-corrected chi connectivity index (χ0v) is 17.6. The normalized spacial score (nSPS) is 18.9. The lowest BCUT2D eigenvalue weighted by atomic mass is 9.89. The van der Waals surface area contributed by atoms with Gasteiger partial charge in [-0.2, -0.15) is 5.26 Å². The van der Waals surface area contributed by atoms with E-state index >= 15 is 0 Å². The van der Waals surface area contributed by atoms with Crippen LogP contribution in [0.3, 0.4) is 0 Å². The Morgan fingerprint density at radius 3 is 2.66 bits per heavy atom. The van der Waals surface area contributed by atoms with Gasteiger partial charge in [-0.05, 0) is 69.0 Å². The first kappa shape index (κ1) is 19.5. The van der Waals surface area contributed by atoms with E-state index in [4.69, 9.17) is 5.26 Å². The third-order valence-electron chi connectivity index (χ3n) is 5.85. The van der Waals surface area contributed by atoms with E-state index in [1.165, 1.54) is 20.7 Å². The molecule has 5 heteroatoms. The third-order valence-corrected chi connectivity index (χ3v) is 6.86. The summed E-state index contributed by atoms with van der Waals surface area (Å²) in [4.78, 5) is 16.0. The van der Waals surface area contributed by atoms with E-state index in [9.17, 15) is 4.79 Å². The Morgan fingerprint density at radius 2 is 1.90 bits per heavy atom. The van der Waals surface area contributed by atoms with Crippen LogP contribution in [0.4, 0.5) is 5.69 Å². The molecule has 1 aliphatic carbocycles. The molecule has 1 heterocycles. The standard InChI is InChI=1S/C24H25N3OS/c1-16-13-21-22(7-4-8-23(21)29-16)26-19-9-11-20(12-10-19)27(2)24(28)18-6-3-5-17(14-18)15-25/h3-8,13-14,19-20,26H,9-12H2,1-2H3. The topological polar surface area (TPSA) is 56.1 Å². The molecule has 2 aromatic carbocycles. The molecule has 0 saturated heterocycles. The van der Waals surface area contributed by atoms with E-state index in [2.05, 4.69) is 42.6 Å². The monoisotopic (exact) mass is 403 g/mol. The number of hydrogen-bond acceptors (Lipinski definition) is 4. The summed E-state index contributed by atoms with van der Waals surface area (Å²) >= 11 is 1.83. The van der Waals surface area contributed by atoms with Crippen LogP contribution >= 0.6 is 11.3 Å². The van der Waals surface area contributed by atoms with Crippen molar-refractivity contribution < 1.29 is 4.79 Å². The number of rotatable bonds is 4. The molecule has 0 unspecified atom stereocenters. The molecule has 0 spiro atoms. The molecule has 0 atom stereocenters. The third kappa shape index (κ3) is 4.13. The minimum Gasteiger partial charge on any atom is -0.382 e. The fraction of sp³-hybridized carbons (Fsp3) is 0.333. The van der Waals surface area contributed by atoms with Crippen molar-refractivity contribution in [1.82, 2.24) is 4.90 Å². The predicted molar refractivity (Wildman–Crippen MR) is 119 cm³/mol. The highest BCUT2D eigenvalue weighted by atomic mass is 32.1. The number of hydrogen-bond donors (Lipinski definition) is 1. The van der Waals surface area contributed by atoms with Crippen LogP contribution in [0.1, 0.15) is 46.5 Å². The van der Waals surface area contributed by atoms with Crippen molar-refractivity contribution in [2.75, 3.05) is 12.4 Å². The van der Waals surface area contributed by atoms with Gasteiger partial charge in [0.15, 0.2) is 0 Å². The second kappa shape index (κ2) is 8.26. The maximum Gasteiger partial charge on any atom is 0.253 e. The van der Waals surface area contributed by atoms with E-state index in [0.717, 1.165) is 25.7 Å². The lowest BCUT2D eigenvalue weighted by Crippen LogP contribution is -2.41. The van der Waals surface area contributed by atoms with E-state index in [1.807, 2.05) is 23.3 Å². The zero-order chi connectivity index (χ0) is 20.4. The summed E-state index contributed by atoms with van der Waals surface area (Å²) in [6.45, 7) is 2.15. The summed E-state index contributed by atoms with van der Waals surface area (Å²) in [7, 11) is 1.88. The fourth-order valence-corrected chi connectivity index (χ4v) is 5.18. The number of thiophene rings is 1. The quantitative estimate of drug-likeness (QED) is 0.619. The summed E-state index contributed by atoms with van der Waals surface area (Å²) in [5, 5.41) is 14.1. The van der Waals surface area contributed by atoms with Crippen LogP contribution in [-0.4, -0.2) is 29.9 Å². The van der Waals surface area contributed by atoms with Crippen molar-refractivity contribution in [1.29, 1.82) is 5.26 Å². The second-order valence-corrected chi connectivity index (χ2v) is 9.12. The van der Waals surface area contributed by atoms with Gasteiger partial charge in [0, 0.05) is 45.3 Å². The Labute approximate surface area is 175 Å². The van der Waals surface area contributed by atoms with Crippen LogP contribution in [-0.2, 0) is 0 Å². The van der Waals surface area contributed by atoms with Crippen molar-refractivity contribution >= 4 is 33.0 Å². The van der Waals surface area contributed by atoms with Crippen LogP contribution in [0.25, 0.3) is 10.1 Å². The molecule has 3 aromatic rings. The number of nitrogens with one attached hydrogen (secondary N) is 1. The molecule has 1 N–H and O–H groups in total. The molecule has 4 rings (SSSR count). The molecule has 0 aliphatic heterocycles. The highest BCUT2D eigenvalue weighted by Gasteiger charge is 2.27. The highest BCUT2D eigenvalue weighted by molar-refractivity contribution is 7.19. The lowest BCUT2D eigenvalue weighted by molar-refractivity contribution is 0.0692. The van der Waals surface area contributed by atoms with Crippen LogP contribution in [0.2, 0.25) is 0 Å². The van der Waals surface area contributed by atoms with Gasteiger partial charge in [0.05, 0.1) is 11.6 Å². The summed E-state index contributed by atoms with van der Waals surface area (Å²) < 4.78 is 1.33. The summed E-state index contributed by atoms with van der Waals surface area (Å²) in [5.74, 6) is -0.00275. The number of anilines is 1. The molecular formula is C24H25N3OS. The lowest BCUT2D eigenvalue weighted by Gasteiger charge is -2.35. The average molecular weight is 404 g/mol. The molecular weight excluding hydrogens is 378 g/mol. The first-order valence-electron chi connectivity index (χ1n) is 10.1. The van der Waals surface area contributed by atoms with Crippen molar-refractivity contribution in [3.63, 3.8) is 0 Å². The van der Waals surface area contributed by atoms with E-state index in [1.54, 1.807) is 24.3 Å². The largest absolute Gasteiger partial charge is 0.382 e. The van der Waals surface area contributed by atoms with Crippen molar-refractivity contribution in [2.24, 2.45) is 0 Å². The number of carbonyl (C=O) groups excluding carboxylic acids is 1. The SMILES string of the molecule is Cc1cc2c(NC3CCC(N(C)C(=O)c4cccc(C#N)c4)CC3)cccc2s1. The number of benzene rings is 2. The number of aryl methyl sites for hydroxylation is 1. The van der Waals surface area contributed by atoms with E-state index < -0.39 is 0 Å². The Morgan fingerprint density at radius 1 is 1.14 bits per heavy atom. The number of amides is 1. The molecule has 29 heavy (non-hydrogen) atoms. The summed E-state index contributed by atoms with van der Waals surface area (Å²) in [6, 6.07) is 18.5. The maximum atomic E-state index is 12.8. The summed E-state index contributed by atoms with van der Waals surface area (Å²) in [5.41, 5.74) is 2.33. The zero-order valence-electron chi connectivity index (χ0n) is 16.8. The maximum absolute atomic E-state index is 12.8. The molecule has 0 radical (unpaired) electrons. The molecule has 1 fully saturated rings. The molecule has 4 nitrogen and oxygen atoms in total. The van der Waals surface area contributed by atoms with Gasteiger partial charge < -0.3 is 10.2 Å². The minimum atomic E-state index is -0.00275. The second-order valence-electron chi connectivity index (χ2n) is 7.83. The van der Waals surface area contributed by atoms with Gasteiger partial charge >= 0.3 is 0 Å². The molecule has 1 aromatic heterocycles. The molecule has 1 aliphatic rings. The van der Waals surface area contributed by atoms with Crippen LogP contribution in [0, 0.1) is 18.3 Å². The Bertz CT molecular complexity index is 1070. The van der Waals surface area contributed by atoms with Crippen LogP contribution in [0.15, 0.2) is 48.5 Å². The predicted octanol–water partition coefficient (Wildman–Crippen LogP) is 5.58. The first-order valence-corrected chi connectivity index (χ1v) is 10.9. The van der Waals surface area contributed by atoms with Gasteiger partial charge in [0.1, 0.15) is 0 Å². The van der Waals surface area contributed by atoms with Crippen molar-refractivity contribution in [2.45, 2.75) is 44.7 Å². The molecule has 148 valence electrons. The number of nitrogens with zero attached hydrogens (tertiary/aromatic N) is 2. The van der Waals surface area contributed by atoms with Gasteiger partial charge in [0.2, 0.25) is 0 Å². The Kier molecular flexibility index (Phi) is 5.55. The van der Waals surface area contributed by atoms with Crippen molar-refractivity contribution in [3.05, 3.63) is 64.5 Å². The van der Waals surface area contributed by atoms with Gasteiger partial charge in [-0.15, -0.1) is 11.3 Å². The number of carbonyl (C=O) groups is 1. The highest BCUT2D eigenvalue weighted by Crippen LogP contribution is 2.33. The summed E-state index contributed by atoms with van der Waals surface area (Å²) in [6.07, 6.45) is 4.05. The van der Waals surface area contributed by atoms with Crippen LogP contribution < -0.4 is 5.32 Å². The number of nitriles is 1. The van der Waals surface area contributed by atoms with Gasteiger partial charge in [-0.25, -0.2) is 0 Å². The number of fused-ring (bicyclic) bond motifs is 1. The van der Waals surface area contributed by atoms with Gasteiger partial charge in [-0.3, -0.25) is 4.79 Å². The van der Waals surface area contributed by atoms with Gasteiger partial charge in [0.25, 0.3) is 5.91 Å². The molecule has 1 amide bonds. The average Bonchev–Trinajstić information content (AvgIpc) is 3.14. The van der Waals surface area contributed by atoms with Crippen molar-refractivity contribution in [3.8, 4) is 6.07 Å². The minimum absolute atomic E-state index is 0.00275. The van der Waals surface area contributed by atoms with E-state index in [-0.39, 0.29) is 11.9 Å². The first-order chi connectivity index (χ1) is 14.0. The van der Waals surface area contributed by atoms with Gasteiger partial charge in [-0.1, -0.05) is 12.1 Å². The Balaban J connectivity index is 1.38. The molecule has 1 saturated carbocycles. The smallest absolute Gasteiger partial charge is 0.253 e. The van der Waals surface area contributed by atoms with Crippen LogP contribution in [0.5, 0.6) is 0 Å².